The van der Waals surface area contributed by atoms with Gasteiger partial charge in [0.2, 0.25) is 0 Å². The van der Waals surface area contributed by atoms with E-state index in [1.54, 1.807) is 0 Å². The number of alkyl halides is 2. The van der Waals surface area contributed by atoms with Gasteiger partial charge in [-0.3, -0.25) is 4.79 Å². The highest BCUT2D eigenvalue weighted by Crippen LogP contribution is 2.33. The summed E-state index contributed by atoms with van der Waals surface area (Å²) in [5.74, 6) is -2.13. The Bertz CT molecular complexity index is 481. The van der Waals surface area contributed by atoms with E-state index in [0.717, 1.165) is 6.07 Å². The first-order valence-electron chi connectivity index (χ1n) is 4.16. The summed E-state index contributed by atoms with van der Waals surface area (Å²) in [7, 11) is 0. The van der Waals surface area contributed by atoms with Gasteiger partial charge in [-0.1, -0.05) is 0 Å². The van der Waals surface area contributed by atoms with Crippen LogP contribution in [-0.4, -0.2) is 21.0 Å². The Balaban J connectivity index is 3.36. The Kier molecular flexibility index (Phi) is 4.05. The molecule has 1 heterocycles. The van der Waals surface area contributed by atoms with Crippen molar-refractivity contribution in [3.05, 3.63) is 31.9 Å². The summed E-state index contributed by atoms with van der Waals surface area (Å²) in [4.78, 5) is 23.4. The van der Waals surface area contributed by atoms with Gasteiger partial charge in [-0.2, -0.15) is 0 Å². The Morgan fingerprint density at radius 3 is 2.65 bits per heavy atom. The minimum Gasteiger partial charge on any atom is -0.481 e. The van der Waals surface area contributed by atoms with Crippen LogP contribution in [-0.2, 0) is 11.2 Å². The molecule has 1 N–H and O–H groups in total. The van der Waals surface area contributed by atoms with E-state index in [1.807, 2.05) is 0 Å². The van der Waals surface area contributed by atoms with Crippen LogP contribution in [0.2, 0.25) is 0 Å². The molecular weight excluding hydrogens is 306 g/mol. The molecule has 0 bridgehead atoms. The van der Waals surface area contributed by atoms with Gasteiger partial charge in [-0.15, -0.1) is 0 Å². The van der Waals surface area contributed by atoms with Gasteiger partial charge < -0.3 is 15.2 Å². The molecule has 1 rings (SSSR count). The lowest BCUT2D eigenvalue weighted by Crippen LogP contribution is -2.06. The number of carbonyl (C=O) groups is 1. The van der Waals surface area contributed by atoms with Crippen LogP contribution in [0.25, 0.3) is 0 Å². The summed E-state index contributed by atoms with van der Waals surface area (Å²) in [6, 6.07) is 0.829. The lowest BCUT2D eigenvalue weighted by molar-refractivity contribution is -0.390. The van der Waals surface area contributed by atoms with Crippen LogP contribution < -0.4 is 0 Å². The molecule has 1 aromatic heterocycles. The summed E-state index contributed by atoms with van der Waals surface area (Å²) in [5.41, 5.74) is -0.939. The topological polar surface area (TPSA) is 93.3 Å². The molecule has 17 heavy (non-hydrogen) atoms. The molecule has 0 amide bonds. The summed E-state index contributed by atoms with van der Waals surface area (Å²) >= 11 is 2.65. The van der Waals surface area contributed by atoms with E-state index in [1.165, 1.54) is 0 Å². The molecule has 0 aliphatic heterocycles. The summed E-state index contributed by atoms with van der Waals surface area (Å²) in [5, 5.41) is 19.0. The molecule has 0 aliphatic carbocycles. The maximum Gasteiger partial charge on any atom is 0.378 e. The molecule has 0 aliphatic rings. The largest absolute Gasteiger partial charge is 0.481 e. The number of halogens is 3. The molecule has 0 saturated carbocycles. The highest BCUT2D eigenvalue weighted by molar-refractivity contribution is 9.10. The van der Waals surface area contributed by atoms with E-state index in [0.29, 0.717) is 0 Å². The number of pyridine rings is 1. The van der Waals surface area contributed by atoms with E-state index >= 15 is 0 Å². The van der Waals surface area contributed by atoms with Gasteiger partial charge in [0.25, 0.3) is 6.43 Å². The van der Waals surface area contributed by atoms with Crippen molar-refractivity contribution in [3.63, 3.8) is 0 Å². The molecule has 92 valence electrons. The van der Waals surface area contributed by atoms with Gasteiger partial charge in [0, 0.05) is 5.56 Å². The normalized spacial score (nSPS) is 10.6. The highest BCUT2D eigenvalue weighted by atomic mass is 79.9. The number of carboxylic acid groups (broad SMARTS) is 1. The predicted molar refractivity (Wildman–Crippen MR) is 54.9 cm³/mol. The van der Waals surface area contributed by atoms with Crippen molar-refractivity contribution >= 4 is 27.7 Å². The van der Waals surface area contributed by atoms with Crippen LogP contribution in [0.15, 0.2) is 10.5 Å². The first kappa shape index (κ1) is 13.4. The van der Waals surface area contributed by atoms with Crippen LogP contribution in [0.1, 0.15) is 17.7 Å². The Morgan fingerprint density at radius 2 is 2.24 bits per heavy atom. The van der Waals surface area contributed by atoms with E-state index in [-0.39, 0.29) is 5.69 Å². The van der Waals surface area contributed by atoms with E-state index < -0.39 is 39.6 Å². The van der Waals surface area contributed by atoms with Gasteiger partial charge in [-0.25, -0.2) is 8.78 Å². The van der Waals surface area contributed by atoms with Crippen LogP contribution in [0.4, 0.5) is 14.6 Å². The van der Waals surface area contributed by atoms with Crippen molar-refractivity contribution in [2.45, 2.75) is 12.8 Å². The number of aromatic nitrogens is 1. The lowest BCUT2D eigenvalue weighted by atomic mass is 10.2. The van der Waals surface area contributed by atoms with E-state index in [2.05, 4.69) is 20.9 Å². The quantitative estimate of drug-likeness (QED) is 0.680. The van der Waals surface area contributed by atoms with Gasteiger partial charge in [-0.05, 0) is 31.9 Å². The maximum absolute atomic E-state index is 12.6. The Labute approximate surface area is 102 Å². The molecule has 0 aromatic carbocycles. The average molecular weight is 311 g/mol. The van der Waals surface area contributed by atoms with Crippen LogP contribution in [0.5, 0.6) is 0 Å². The van der Waals surface area contributed by atoms with E-state index in [9.17, 15) is 23.7 Å². The predicted octanol–water partition coefficient (Wildman–Crippen LogP) is 2.32. The fraction of sp³-hybridized carbons (Fsp3) is 0.250. The number of hydrogen-bond acceptors (Lipinski definition) is 4. The third-order valence-corrected chi connectivity index (χ3v) is 2.57. The number of nitrogens with zero attached hydrogens (tertiary/aromatic N) is 2. The summed E-state index contributed by atoms with van der Waals surface area (Å²) in [6.07, 6.45) is -3.62. The Hall–Kier alpha value is -1.64. The average Bonchev–Trinajstić information content (AvgIpc) is 2.18. The second-order valence-corrected chi connectivity index (χ2v) is 3.76. The van der Waals surface area contributed by atoms with Crippen molar-refractivity contribution in [1.29, 1.82) is 0 Å². The van der Waals surface area contributed by atoms with Crippen LogP contribution in [0.3, 0.4) is 0 Å². The monoisotopic (exact) mass is 310 g/mol. The van der Waals surface area contributed by atoms with Gasteiger partial charge in [0.15, 0.2) is 5.69 Å². The zero-order valence-corrected chi connectivity index (χ0v) is 9.65. The van der Waals surface area contributed by atoms with Crippen molar-refractivity contribution < 1.29 is 23.6 Å². The zero-order valence-electron chi connectivity index (χ0n) is 8.06. The van der Waals surface area contributed by atoms with Gasteiger partial charge in [0.05, 0.1) is 0 Å². The second-order valence-electron chi connectivity index (χ2n) is 2.97. The number of aliphatic carboxylic acids is 1. The first-order chi connectivity index (χ1) is 7.82. The van der Waals surface area contributed by atoms with Gasteiger partial charge in [0.1, 0.15) is 10.9 Å². The molecule has 0 radical (unpaired) electrons. The SMILES string of the molecule is O=C(O)Cc1cc(C(F)F)c(Br)c([N+](=O)[O-])n1. The van der Waals surface area contributed by atoms with Crippen molar-refractivity contribution in [3.8, 4) is 0 Å². The molecule has 0 saturated heterocycles. The fourth-order valence-electron chi connectivity index (χ4n) is 1.11. The summed E-state index contributed by atoms with van der Waals surface area (Å²) < 4.78 is 24.7. The second kappa shape index (κ2) is 5.13. The van der Waals surface area contributed by atoms with Crippen molar-refractivity contribution in [2.75, 3.05) is 0 Å². The molecular formula is C8H5BrF2N2O4. The smallest absolute Gasteiger partial charge is 0.378 e. The van der Waals surface area contributed by atoms with Crippen molar-refractivity contribution in [1.82, 2.24) is 4.98 Å². The van der Waals surface area contributed by atoms with E-state index in [4.69, 9.17) is 5.11 Å². The number of rotatable bonds is 4. The fourth-order valence-corrected chi connectivity index (χ4v) is 1.64. The molecule has 0 unspecified atom stereocenters. The number of nitro groups is 1. The van der Waals surface area contributed by atoms with Crippen LogP contribution in [0, 0.1) is 10.1 Å². The standard InChI is InChI=1S/C8H5BrF2N2O4/c9-6-4(7(10)11)1-3(2-5(14)15)12-8(6)13(16)17/h1,7H,2H2,(H,14,15). The molecule has 0 fully saturated rings. The first-order valence-corrected chi connectivity index (χ1v) is 4.96. The number of carboxylic acids is 1. The molecule has 0 spiro atoms. The van der Waals surface area contributed by atoms with Crippen LogP contribution >= 0.6 is 15.9 Å². The minimum atomic E-state index is -2.96. The van der Waals surface area contributed by atoms with Gasteiger partial charge >= 0.3 is 11.8 Å². The lowest BCUT2D eigenvalue weighted by Gasteiger charge is -2.04. The maximum atomic E-state index is 12.6. The zero-order chi connectivity index (χ0) is 13.2. The minimum absolute atomic E-state index is 0.289. The third kappa shape index (κ3) is 3.16. The highest BCUT2D eigenvalue weighted by Gasteiger charge is 2.25. The number of hydrogen-bond donors (Lipinski definition) is 1. The third-order valence-electron chi connectivity index (χ3n) is 1.76. The molecule has 0 atom stereocenters. The molecule has 6 nitrogen and oxygen atoms in total. The molecule has 9 heteroatoms. The Morgan fingerprint density at radius 1 is 1.65 bits per heavy atom. The molecule has 1 aromatic rings. The van der Waals surface area contributed by atoms with Crippen molar-refractivity contribution in [2.24, 2.45) is 0 Å². The summed E-state index contributed by atoms with van der Waals surface area (Å²) in [6.45, 7) is 0.